The molecule has 2 aromatic carbocycles. The van der Waals surface area contributed by atoms with Crippen LogP contribution < -0.4 is 21.1 Å². The van der Waals surface area contributed by atoms with Gasteiger partial charge in [0, 0.05) is 17.3 Å². The average molecular weight is 492 g/mol. The Kier molecular flexibility index (Phi) is 8.04. The van der Waals surface area contributed by atoms with E-state index in [2.05, 4.69) is 20.6 Å². The van der Waals surface area contributed by atoms with E-state index < -0.39 is 0 Å². The third kappa shape index (κ3) is 6.43. The zero-order valence-corrected chi connectivity index (χ0v) is 20.9. The minimum atomic E-state index is -0.324. The monoisotopic (exact) mass is 491 g/mol. The second-order valence-electron chi connectivity index (χ2n) is 7.76. The van der Waals surface area contributed by atoms with Gasteiger partial charge in [0.05, 0.1) is 0 Å². The molecule has 0 unspecified atom stereocenters. The zero-order chi connectivity index (χ0) is 24.8. The van der Waals surface area contributed by atoms with Gasteiger partial charge in [-0.2, -0.15) is 4.99 Å². The van der Waals surface area contributed by atoms with Crippen LogP contribution in [-0.4, -0.2) is 27.0 Å². The number of nitrogens with zero attached hydrogens (tertiary/aromatic N) is 2. The third-order valence-corrected chi connectivity index (χ3v) is 5.30. The number of carbonyl (C=O) groups excluding carboxylic acids is 1. The summed E-state index contributed by atoms with van der Waals surface area (Å²) in [5.74, 6) is 0.482. The highest BCUT2D eigenvalue weighted by Gasteiger charge is 2.14. The van der Waals surface area contributed by atoms with Crippen LogP contribution in [-0.2, 0) is 0 Å². The number of hydrogen-bond donors (Lipinski definition) is 3. The first kappa shape index (κ1) is 24.9. The SMILES string of the molecule is Cc1ccc(C(=O)NC(=S)Nc2ncccc2OC(=S)N=C(N)c2ccc(C)cc2C)c(C)c1. The summed E-state index contributed by atoms with van der Waals surface area (Å²) in [7, 11) is 0. The Hall–Kier alpha value is -3.69. The Labute approximate surface area is 209 Å². The number of amides is 1. The molecule has 0 aliphatic carbocycles. The Balaban J connectivity index is 1.70. The number of amidine groups is 1. The smallest absolute Gasteiger partial charge is 0.291 e. The van der Waals surface area contributed by atoms with Gasteiger partial charge >= 0.3 is 0 Å². The Morgan fingerprint density at radius 3 is 2.21 bits per heavy atom. The molecule has 3 aromatic rings. The molecular weight excluding hydrogens is 466 g/mol. The molecule has 174 valence electrons. The number of rotatable bonds is 4. The molecule has 0 aliphatic rings. The largest absolute Gasteiger partial charge is 0.426 e. The van der Waals surface area contributed by atoms with Gasteiger partial charge < -0.3 is 15.8 Å². The highest BCUT2D eigenvalue weighted by Crippen LogP contribution is 2.22. The summed E-state index contributed by atoms with van der Waals surface area (Å²) in [5, 5.41) is 5.51. The van der Waals surface area contributed by atoms with Gasteiger partial charge in [-0.05, 0) is 81.5 Å². The van der Waals surface area contributed by atoms with E-state index in [-0.39, 0.29) is 33.6 Å². The predicted octanol–water partition coefficient (Wildman–Crippen LogP) is 4.51. The number of aryl methyl sites for hydroxylation is 4. The van der Waals surface area contributed by atoms with Crippen molar-refractivity contribution in [2.24, 2.45) is 10.7 Å². The van der Waals surface area contributed by atoms with Crippen LogP contribution in [0.2, 0.25) is 0 Å². The molecule has 9 heteroatoms. The van der Waals surface area contributed by atoms with Crippen molar-refractivity contribution < 1.29 is 9.53 Å². The van der Waals surface area contributed by atoms with E-state index in [4.69, 9.17) is 34.9 Å². The fourth-order valence-electron chi connectivity index (χ4n) is 3.32. The van der Waals surface area contributed by atoms with Crippen molar-refractivity contribution in [3.8, 4) is 5.75 Å². The number of aromatic nitrogens is 1. The number of anilines is 1. The number of carbonyl (C=O) groups is 1. The lowest BCUT2D eigenvalue weighted by Gasteiger charge is -2.13. The summed E-state index contributed by atoms with van der Waals surface area (Å²) in [4.78, 5) is 21.0. The molecule has 0 fully saturated rings. The van der Waals surface area contributed by atoms with Crippen molar-refractivity contribution >= 4 is 52.3 Å². The summed E-state index contributed by atoms with van der Waals surface area (Å²) in [6, 6.07) is 14.7. The van der Waals surface area contributed by atoms with E-state index in [1.165, 1.54) is 0 Å². The fraction of sp³-hybridized carbons (Fsp3) is 0.160. The van der Waals surface area contributed by atoms with E-state index in [0.29, 0.717) is 5.56 Å². The molecule has 0 atom stereocenters. The zero-order valence-electron chi connectivity index (χ0n) is 19.3. The molecule has 7 nitrogen and oxygen atoms in total. The Morgan fingerprint density at radius 2 is 1.59 bits per heavy atom. The van der Waals surface area contributed by atoms with Gasteiger partial charge in [-0.1, -0.05) is 41.5 Å². The van der Waals surface area contributed by atoms with Crippen LogP contribution >= 0.6 is 24.4 Å². The van der Waals surface area contributed by atoms with Gasteiger partial charge in [-0.15, -0.1) is 0 Å². The van der Waals surface area contributed by atoms with Crippen LogP contribution in [0, 0.1) is 27.7 Å². The number of nitrogens with two attached hydrogens (primary N) is 1. The Morgan fingerprint density at radius 1 is 0.971 bits per heavy atom. The second-order valence-corrected chi connectivity index (χ2v) is 8.52. The second kappa shape index (κ2) is 11.0. The molecule has 4 N–H and O–H groups in total. The molecule has 0 aliphatic heterocycles. The minimum Gasteiger partial charge on any atom is -0.426 e. The number of nitrogens with one attached hydrogen (secondary N) is 2. The highest BCUT2D eigenvalue weighted by atomic mass is 32.1. The minimum absolute atomic E-state index is 0.0674. The van der Waals surface area contributed by atoms with Crippen molar-refractivity contribution in [3.05, 3.63) is 88.1 Å². The summed E-state index contributed by atoms with van der Waals surface area (Å²) in [6.07, 6.45) is 1.56. The molecule has 34 heavy (non-hydrogen) atoms. The molecular formula is C25H25N5O2S2. The molecule has 0 bridgehead atoms. The van der Waals surface area contributed by atoms with Crippen molar-refractivity contribution in [3.63, 3.8) is 0 Å². The van der Waals surface area contributed by atoms with Crippen molar-refractivity contribution in [2.45, 2.75) is 27.7 Å². The third-order valence-electron chi connectivity index (χ3n) is 4.92. The van der Waals surface area contributed by atoms with Crippen LogP contribution in [0.1, 0.15) is 38.2 Å². The molecule has 0 saturated heterocycles. The van der Waals surface area contributed by atoms with Crippen LogP contribution in [0.25, 0.3) is 0 Å². The fourth-order valence-corrected chi connectivity index (χ4v) is 3.70. The number of benzene rings is 2. The lowest BCUT2D eigenvalue weighted by Crippen LogP contribution is -2.34. The van der Waals surface area contributed by atoms with E-state index >= 15 is 0 Å². The van der Waals surface area contributed by atoms with Crippen LogP contribution in [0.5, 0.6) is 5.75 Å². The van der Waals surface area contributed by atoms with E-state index in [0.717, 1.165) is 27.8 Å². The van der Waals surface area contributed by atoms with Crippen molar-refractivity contribution in [2.75, 3.05) is 5.32 Å². The quantitative estimate of drug-likeness (QED) is 0.280. The maximum Gasteiger partial charge on any atom is 0.291 e. The van der Waals surface area contributed by atoms with Crippen molar-refractivity contribution in [1.29, 1.82) is 0 Å². The standard InChI is InChI=1S/C25H25N5O2S2/c1-14-7-9-18(16(3)12-14)21(26)28-25(34)32-20-6-5-11-27-22(20)29-24(33)30-23(31)19-10-8-15(2)13-17(19)4/h5-13H,1-4H3,(H2,26,28,34)(H2,27,29,30,31,33). The average Bonchev–Trinajstić information content (AvgIpc) is 2.74. The van der Waals surface area contributed by atoms with Gasteiger partial charge in [-0.3, -0.25) is 10.1 Å². The van der Waals surface area contributed by atoms with Gasteiger partial charge in [0.1, 0.15) is 5.84 Å². The first-order valence-electron chi connectivity index (χ1n) is 10.4. The molecule has 0 saturated carbocycles. The number of pyridine rings is 1. The van der Waals surface area contributed by atoms with Crippen LogP contribution in [0.4, 0.5) is 5.82 Å². The summed E-state index contributed by atoms with van der Waals surface area (Å²) >= 11 is 10.6. The maximum absolute atomic E-state index is 12.6. The molecule has 1 amide bonds. The normalized spacial score (nSPS) is 11.0. The molecule has 0 radical (unpaired) electrons. The summed E-state index contributed by atoms with van der Waals surface area (Å²) < 4.78 is 5.69. The van der Waals surface area contributed by atoms with Gasteiger partial charge in [0.25, 0.3) is 11.1 Å². The number of ether oxygens (including phenoxy) is 1. The number of hydrogen-bond acceptors (Lipinski definition) is 5. The van der Waals surface area contributed by atoms with E-state index in [9.17, 15) is 4.79 Å². The molecule has 3 rings (SSSR count). The van der Waals surface area contributed by atoms with Gasteiger partial charge in [0.2, 0.25) is 0 Å². The van der Waals surface area contributed by atoms with Gasteiger partial charge in [0.15, 0.2) is 16.7 Å². The van der Waals surface area contributed by atoms with Crippen LogP contribution in [0.15, 0.2) is 59.7 Å². The topological polar surface area (TPSA) is 102 Å². The van der Waals surface area contributed by atoms with E-state index in [1.54, 1.807) is 24.4 Å². The van der Waals surface area contributed by atoms with Crippen LogP contribution in [0.3, 0.4) is 0 Å². The summed E-state index contributed by atoms with van der Waals surface area (Å²) in [6.45, 7) is 7.79. The summed E-state index contributed by atoms with van der Waals surface area (Å²) in [5.41, 5.74) is 11.5. The van der Waals surface area contributed by atoms with Gasteiger partial charge in [-0.25, -0.2) is 4.98 Å². The maximum atomic E-state index is 12.6. The highest BCUT2D eigenvalue weighted by molar-refractivity contribution is 7.80. The molecule has 1 heterocycles. The molecule has 1 aromatic heterocycles. The van der Waals surface area contributed by atoms with E-state index in [1.807, 2.05) is 58.0 Å². The number of thiocarbonyl (C=S) groups is 2. The number of aliphatic imine (C=N–C) groups is 1. The lowest BCUT2D eigenvalue weighted by atomic mass is 10.1. The molecule has 0 spiro atoms. The lowest BCUT2D eigenvalue weighted by molar-refractivity contribution is 0.0977. The first-order valence-corrected chi connectivity index (χ1v) is 11.2. The van der Waals surface area contributed by atoms with Crippen molar-refractivity contribution in [1.82, 2.24) is 10.3 Å². The first-order chi connectivity index (χ1) is 16.1. The Bertz CT molecular complexity index is 1300. The predicted molar refractivity (Wildman–Crippen MR) is 144 cm³/mol.